The van der Waals surface area contributed by atoms with Gasteiger partial charge in [-0.1, -0.05) is 42.5 Å². The van der Waals surface area contributed by atoms with Crippen LogP contribution in [0.5, 0.6) is 0 Å². The third-order valence-electron chi connectivity index (χ3n) is 6.25. The number of carbonyl (C=O) groups excluding carboxylic acids is 1. The topological polar surface area (TPSA) is 41.4 Å². The Bertz CT molecular complexity index is 1050. The number of piperazine rings is 1. The van der Waals surface area contributed by atoms with Crippen LogP contribution in [0, 0.1) is 27.7 Å². The highest BCUT2D eigenvalue weighted by atomic mass is 16.2. The van der Waals surface area contributed by atoms with Crippen LogP contribution in [0.4, 0.5) is 5.69 Å². The van der Waals surface area contributed by atoms with Crippen molar-refractivity contribution in [1.29, 1.82) is 0 Å². The molecular formula is C25H30N4O. The van der Waals surface area contributed by atoms with Gasteiger partial charge < -0.3 is 9.80 Å². The second-order valence-electron chi connectivity index (χ2n) is 8.19. The number of carbonyl (C=O) groups is 1. The van der Waals surface area contributed by atoms with E-state index in [1.165, 1.54) is 22.4 Å². The molecule has 0 unspecified atom stereocenters. The van der Waals surface area contributed by atoms with Gasteiger partial charge >= 0.3 is 0 Å². The van der Waals surface area contributed by atoms with E-state index in [2.05, 4.69) is 54.2 Å². The molecule has 1 fully saturated rings. The third-order valence-corrected chi connectivity index (χ3v) is 6.25. The van der Waals surface area contributed by atoms with Gasteiger partial charge in [0.1, 0.15) is 0 Å². The molecule has 5 heteroatoms. The molecule has 0 spiro atoms. The maximum Gasteiger partial charge on any atom is 0.257 e. The number of nitrogens with zero attached hydrogens (tertiary/aromatic N) is 4. The average molecular weight is 403 g/mol. The summed E-state index contributed by atoms with van der Waals surface area (Å²) < 4.78 is 1.95. The van der Waals surface area contributed by atoms with Crippen molar-refractivity contribution in [2.24, 2.45) is 0 Å². The first-order chi connectivity index (χ1) is 14.5. The zero-order chi connectivity index (χ0) is 21.3. The van der Waals surface area contributed by atoms with Crippen LogP contribution in [0.15, 0.2) is 48.5 Å². The van der Waals surface area contributed by atoms with Crippen molar-refractivity contribution in [1.82, 2.24) is 14.7 Å². The minimum Gasteiger partial charge on any atom is -0.368 e. The molecule has 5 nitrogen and oxygen atoms in total. The van der Waals surface area contributed by atoms with E-state index in [1.54, 1.807) is 0 Å². The first-order valence-electron chi connectivity index (χ1n) is 10.6. The summed E-state index contributed by atoms with van der Waals surface area (Å²) in [6.07, 6.45) is 0. The van der Waals surface area contributed by atoms with Gasteiger partial charge in [0.15, 0.2) is 0 Å². The zero-order valence-electron chi connectivity index (χ0n) is 18.4. The first kappa shape index (κ1) is 20.2. The van der Waals surface area contributed by atoms with Gasteiger partial charge in [-0.15, -0.1) is 0 Å². The second-order valence-corrected chi connectivity index (χ2v) is 8.19. The number of aromatic nitrogens is 2. The van der Waals surface area contributed by atoms with Gasteiger partial charge in [-0.25, -0.2) is 0 Å². The third kappa shape index (κ3) is 3.84. The number of anilines is 1. The van der Waals surface area contributed by atoms with E-state index < -0.39 is 0 Å². The van der Waals surface area contributed by atoms with Crippen molar-refractivity contribution in [2.75, 3.05) is 31.1 Å². The van der Waals surface area contributed by atoms with E-state index in [9.17, 15) is 4.79 Å². The molecule has 2 aromatic carbocycles. The molecule has 3 aromatic rings. The van der Waals surface area contributed by atoms with E-state index in [0.29, 0.717) is 6.54 Å². The van der Waals surface area contributed by atoms with Crippen LogP contribution in [0.25, 0.3) is 0 Å². The summed E-state index contributed by atoms with van der Waals surface area (Å²) in [7, 11) is 0. The molecule has 156 valence electrons. The SMILES string of the molecule is Cc1cccc(N2CCN(C(=O)c3c(C)nn(Cc4ccccc4)c3C)CC2)c1C. The number of hydrogen-bond donors (Lipinski definition) is 0. The molecule has 1 aliphatic heterocycles. The maximum atomic E-state index is 13.3. The molecule has 1 aliphatic rings. The van der Waals surface area contributed by atoms with E-state index in [0.717, 1.165) is 43.1 Å². The Kier molecular flexibility index (Phi) is 5.62. The zero-order valence-corrected chi connectivity index (χ0v) is 18.4. The fraction of sp³-hybridized carbons (Fsp3) is 0.360. The molecule has 0 radical (unpaired) electrons. The molecule has 1 aromatic heterocycles. The lowest BCUT2D eigenvalue weighted by Crippen LogP contribution is -2.49. The fourth-order valence-corrected chi connectivity index (χ4v) is 4.30. The van der Waals surface area contributed by atoms with Gasteiger partial charge in [-0.05, 0) is 50.5 Å². The van der Waals surface area contributed by atoms with Gasteiger partial charge in [0.05, 0.1) is 17.8 Å². The summed E-state index contributed by atoms with van der Waals surface area (Å²) in [4.78, 5) is 17.7. The number of aryl methyl sites for hydroxylation is 2. The number of benzene rings is 2. The number of hydrogen-bond acceptors (Lipinski definition) is 3. The molecule has 0 atom stereocenters. The van der Waals surface area contributed by atoms with E-state index >= 15 is 0 Å². The van der Waals surface area contributed by atoms with Crippen molar-refractivity contribution < 1.29 is 4.79 Å². The van der Waals surface area contributed by atoms with Gasteiger partial charge in [0.2, 0.25) is 0 Å². The minimum absolute atomic E-state index is 0.102. The molecule has 1 saturated heterocycles. The smallest absolute Gasteiger partial charge is 0.257 e. The van der Waals surface area contributed by atoms with Crippen LogP contribution in [0.1, 0.15) is 38.4 Å². The lowest BCUT2D eigenvalue weighted by molar-refractivity contribution is 0.0745. The highest BCUT2D eigenvalue weighted by Crippen LogP contribution is 2.25. The summed E-state index contributed by atoms with van der Waals surface area (Å²) in [6.45, 7) is 12.1. The minimum atomic E-state index is 0.102. The maximum absolute atomic E-state index is 13.3. The normalized spacial score (nSPS) is 14.3. The lowest BCUT2D eigenvalue weighted by Gasteiger charge is -2.37. The highest BCUT2D eigenvalue weighted by Gasteiger charge is 2.27. The Morgan fingerprint density at radius 1 is 0.900 bits per heavy atom. The Labute approximate surface area is 178 Å². The van der Waals surface area contributed by atoms with Crippen molar-refractivity contribution in [3.05, 3.63) is 82.2 Å². The van der Waals surface area contributed by atoms with Crippen LogP contribution in [0.3, 0.4) is 0 Å². The van der Waals surface area contributed by atoms with Gasteiger partial charge in [0.25, 0.3) is 5.91 Å². The van der Waals surface area contributed by atoms with Crippen LogP contribution < -0.4 is 4.90 Å². The molecular weight excluding hydrogens is 372 g/mol. The van der Waals surface area contributed by atoms with Crippen molar-refractivity contribution in [3.8, 4) is 0 Å². The average Bonchev–Trinajstić information content (AvgIpc) is 3.03. The predicted molar refractivity (Wildman–Crippen MR) is 121 cm³/mol. The van der Waals surface area contributed by atoms with Crippen LogP contribution in [0.2, 0.25) is 0 Å². The fourth-order valence-electron chi connectivity index (χ4n) is 4.30. The first-order valence-corrected chi connectivity index (χ1v) is 10.6. The van der Waals surface area contributed by atoms with Crippen LogP contribution in [-0.4, -0.2) is 46.8 Å². The monoisotopic (exact) mass is 402 g/mol. The van der Waals surface area contributed by atoms with E-state index in [4.69, 9.17) is 0 Å². The number of rotatable bonds is 4. The summed E-state index contributed by atoms with van der Waals surface area (Å²) in [5.74, 6) is 0.102. The van der Waals surface area contributed by atoms with Gasteiger partial charge in [0, 0.05) is 37.6 Å². The Balaban J connectivity index is 1.47. The predicted octanol–water partition coefficient (Wildman–Crippen LogP) is 4.13. The summed E-state index contributed by atoms with van der Waals surface area (Å²) >= 11 is 0. The molecule has 0 bridgehead atoms. The molecule has 0 aliphatic carbocycles. The van der Waals surface area contributed by atoms with Crippen molar-refractivity contribution >= 4 is 11.6 Å². The summed E-state index contributed by atoms with van der Waals surface area (Å²) in [5, 5.41) is 4.66. The largest absolute Gasteiger partial charge is 0.368 e. The molecule has 0 N–H and O–H groups in total. The molecule has 4 rings (SSSR count). The quantitative estimate of drug-likeness (QED) is 0.659. The van der Waals surface area contributed by atoms with Gasteiger partial charge in [-0.2, -0.15) is 5.10 Å². The van der Waals surface area contributed by atoms with E-state index in [-0.39, 0.29) is 5.91 Å². The standard InChI is InChI=1S/C25H30N4O/c1-18-9-8-12-23(19(18)2)27-13-15-28(16-14-27)25(30)24-20(3)26-29(21(24)4)17-22-10-6-5-7-11-22/h5-12H,13-17H2,1-4H3. The lowest BCUT2D eigenvalue weighted by atomic mass is 10.1. The highest BCUT2D eigenvalue weighted by molar-refractivity contribution is 5.96. The molecule has 0 saturated carbocycles. The van der Waals surface area contributed by atoms with E-state index in [1.807, 2.05) is 41.6 Å². The Morgan fingerprint density at radius 2 is 1.60 bits per heavy atom. The van der Waals surface area contributed by atoms with Crippen molar-refractivity contribution in [3.63, 3.8) is 0 Å². The molecule has 30 heavy (non-hydrogen) atoms. The van der Waals surface area contributed by atoms with Crippen LogP contribution >= 0.6 is 0 Å². The molecule has 1 amide bonds. The second kappa shape index (κ2) is 8.34. The summed E-state index contributed by atoms with van der Waals surface area (Å²) in [6, 6.07) is 16.7. The molecule has 2 heterocycles. The van der Waals surface area contributed by atoms with Crippen LogP contribution in [-0.2, 0) is 6.54 Å². The van der Waals surface area contributed by atoms with Crippen molar-refractivity contribution in [2.45, 2.75) is 34.2 Å². The Morgan fingerprint density at radius 3 is 2.30 bits per heavy atom. The van der Waals surface area contributed by atoms with Gasteiger partial charge in [-0.3, -0.25) is 9.48 Å². The number of amides is 1. The Hall–Kier alpha value is -3.08. The summed E-state index contributed by atoms with van der Waals surface area (Å²) in [5.41, 5.74) is 7.61.